The Kier molecular flexibility index (Phi) is 5.10. The molecule has 0 spiro atoms. The van der Waals surface area contributed by atoms with Crippen molar-refractivity contribution in [3.8, 4) is 6.07 Å². The number of fused-ring (bicyclic) bond motifs is 1. The molecule has 0 unspecified atom stereocenters. The number of hydrogen-bond donors (Lipinski definition) is 0. The monoisotopic (exact) mass is 290 g/mol. The van der Waals surface area contributed by atoms with Crippen molar-refractivity contribution in [2.75, 3.05) is 31.7 Å². The molecule has 0 atom stereocenters. The van der Waals surface area contributed by atoms with Crippen LogP contribution in [0, 0.1) is 11.3 Å². The first-order valence-corrected chi connectivity index (χ1v) is 6.65. The third-order valence-corrected chi connectivity index (χ3v) is 3.17. The van der Waals surface area contributed by atoms with E-state index >= 15 is 0 Å². The fourth-order valence-electron chi connectivity index (χ4n) is 1.98. The van der Waals surface area contributed by atoms with Gasteiger partial charge < -0.3 is 9.64 Å². The summed E-state index contributed by atoms with van der Waals surface area (Å²) >= 11 is 5.98. The van der Waals surface area contributed by atoms with Gasteiger partial charge in [0, 0.05) is 30.6 Å². The van der Waals surface area contributed by atoms with E-state index in [1.807, 2.05) is 17.0 Å². The van der Waals surface area contributed by atoms with Crippen LogP contribution in [0.3, 0.4) is 0 Å². The number of halogens is 1. The lowest BCUT2D eigenvalue weighted by Gasteiger charge is -2.23. The number of rotatable bonds is 6. The molecule has 0 saturated heterocycles. The van der Waals surface area contributed by atoms with Crippen molar-refractivity contribution < 1.29 is 4.74 Å². The fourth-order valence-corrected chi connectivity index (χ4v) is 2.14. The van der Waals surface area contributed by atoms with Crippen LogP contribution < -0.4 is 4.90 Å². The Balaban J connectivity index is 2.38. The molecule has 1 aromatic heterocycles. The Morgan fingerprint density at radius 3 is 2.95 bits per heavy atom. The molecule has 104 valence electrons. The van der Waals surface area contributed by atoms with E-state index in [2.05, 4.69) is 16.0 Å². The third kappa shape index (κ3) is 3.35. The van der Waals surface area contributed by atoms with Gasteiger partial charge in [0.25, 0.3) is 0 Å². The van der Waals surface area contributed by atoms with E-state index in [4.69, 9.17) is 21.6 Å². The average Bonchev–Trinajstić information content (AvgIpc) is 2.47. The Bertz CT molecular complexity index is 626. The molecule has 5 nitrogen and oxygen atoms in total. The van der Waals surface area contributed by atoms with Crippen molar-refractivity contribution in [3.63, 3.8) is 0 Å². The molecule has 0 fully saturated rings. The minimum Gasteiger partial charge on any atom is -0.383 e. The summed E-state index contributed by atoms with van der Waals surface area (Å²) < 4.78 is 5.12. The van der Waals surface area contributed by atoms with Gasteiger partial charge in [-0.15, -0.1) is 0 Å². The number of nitrogens with zero attached hydrogens (tertiary/aromatic N) is 4. The van der Waals surface area contributed by atoms with Gasteiger partial charge in [0.05, 0.1) is 24.6 Å². The van der Waals surface area contributed by atoms with Crippen molar-refractivity contribution >= 4 is 28.3 Å². The Hall–Kier alpha value is -1.90. The number of anilines is 1. The van der Waals surface area contributed by atoms with Gasteiger partial charge in [-0.3, -0.25) is 0 Å². The summed E-state index contributed by atoms with van der Waals surface area (Å²) in [7, 11) is 1.65. The lowest BCUT2D eigenvalue weighted by atomic mass is 10.2. The summed E-state index contributed by atoms with van der Waals surface area (Å²) in [5, 5.41) is 10.3. The summed E-state index contributed by atoms with van der Waals surface area (Å²) in [6.07, 6.45) is 1.95. The largest absolute Gasteiger partial charge is 0.383 e. The van der Waals surface area contributed by atoms with E-state index in [1.165, 1.54) is 6.33 Å². The van der Waals surface area contributed by atoms with E-state index in [9.17, 15) is 0 Å². The zero-order valence-electron chi connectivity index (χ0n) is 11.2. The van der Waals surface area contributed by atoms with E-state index < -0.39 is 0 Å². The first kappa shape index (κ1) is 14.5. The number of hydrogen-bond acceptors (Lipinski definition) is 5. The molecule has 2 aromatic rings. The van der Waals surface area contributed by atoms with Crippen LogP contribution in [0.2, 0.25) is 5.02 Å². The third-order valence-electron chi connectivity index (χ3n) is 2.94. The normalized spacial score (nSPS) is 10.4. The molecule has 0 amide bonds. The maximum absolute atomic E-state index is 8.78. The SMILES string of the molecule is COCCN(CCC#N)c1ncnc2cc(Cl)ccc12. The van der Waals surface area contributed by atoms with Crippen molar-refractivity contribution in [1.29, 1.82) is 5.26 Å². The molecule has 0 saturated carbocycles. The molecule has 20 heavy (non-hydrogen) atoms. The van der Waals surface area contributed by atoms with Gasteiger partial charge in [0.2, 0.25) is 0 Å². The van der Waals surface area contributed by atoms with Gasteiger partial charge in [-0.1, -0.05) is 11.6 Å². The van der Waals surface area contributed by atoms with Crippen molar-refractivity contribution in [3.05, 3.63) is 29.5 Å². The molecular weight excluding hydrogens is 276 g/mol. The van der Waals surface area contributed by atoms with E-state index in [0.717, 1.165) is 16.7 Å². The molecule has 0 bridgehead atoms. The van der Waals surface area contributed by atoms with E-state index in [1.54, 1.807) is 13.2 Å². The zero-order valence-corrected chi connectivity index (χ0v) is 12.0. The maximum Gasteiger partial charge on any atom is 0.139 e. The quantitative estimate of drug-likeness (QED) is 0.818. The van der Waals surface area contributed by atoms with Crippen LogP contribution in [-0.2, 0) is 4.74 Å². The maximum atomic E-state index is 8.78. The zero-order chi connectivity index (χ0) is 14.4. The standard InChI is InChI=1S/C14H15ClN4O/c1-20-8-7-19(6-2-5-16)14-12-4-3-11(15)9-13(12)17-10-18-14/h3-4,9-10H,2,6-8H2,1H3. The number of methoxy groups -OCH3 is 1. The second kappa shape index (κ2) is 7.04. The molecule has 0 aliphatic carbocycles. The molecule has 0 radical (unpaired) electrons. The molecule has 1 aromatic carbocycles. The first-order valence-electron chi connectivity index (χ1n) is 6.27. The van der Waals surface area contributed by atoms with Crippen LogP contribution in [-0.4, -0.2) is 36.8 Å². The minimum absolute atomic E-state index is 0.433. The topological polar surface area (TPSA) is 62.0 Å². The van der Waals surface area contributed by atoms with Crippen LogP contribution >= 0.6 is 11.6 Å². The molecule has 0 aliphatic heterocycles. The number of benzene rings is 1. The molecule has 0 N–H and O–H groups in total. The second-order valence-corrected chi connectivity index (χ2v) is 4.68. The fraction of sp³-hybridized carbons (Fsp3) is 0.357. The molecule has 6 heteroatoms. The Morgan fingerprint density at radius 2 is 2.20 bits per heavy atom. The van der Waals surface area contributed by atoms with Crippen LogP contribution in [0.1, 0.15) is 6.42 Å². The summed E-state index contributed by atoms with van der Waals surface area (Å²) in [6.45, 7) is 1.85. The van der Waals surface area contributed by atoms with Crippen LogP contribution in [0.5, 0.6) is 0 Å². The van der Waals surface area contributed by atoms with Crippen molar-refractivity contribution in [2.24, 2.45) is 0 Å². The van der Waals surface area contributed by atoms with Crippen LogP contribution in [0.15, 0.2) is 24.5 Å². The smallest absolute Gasteiger partial charge is 0.139 e. The Labute approximate surface area is 122 Å². The number of ether oxygens (including phenoxy) is 1. The van der Waals surface area contributed by atoms with Crippen LogP contribution in [0.4, 0.5) is 5.82 Å². The molecule has 2 rings (SSSR count). The average molecular weight is 291 g/mol. The predicted octanol–water partition coefficient (Wildman–Crippen LogP) is 2.65. The highest BCUT2D eigenvalue weighted by molar-refractivity contribution is 6.31. The molecular formula is C14H15ClN4O. The van der Waals surface area contributed by atoms with Gasteiger partial charge in [0.1, 0.15) is 12.1 Å². The van der Waals surface area contributed by atoms with E-state index in [-0.39, 0.29) is 0 Å². The number of nitriles is 1. The molecule has 0 aliphatic rings. The lowest BCUT2D eigenvalue weighted by molar-refractivity contribution is 0.205. The van der Waals surface area contributed by atoms with Gasteiger partial charge in [0.15, 0.2) is 0 Å². The van der Waals surface area contributed by atoms with Gasteiger partial charge >= 0.3 is 0 Å². The highest BCUT2D eigenvalue weighted by atomic mass is 35.5. The summed E-state index contributed by atoms with van der Waals surface area (Å²) in [5.74, 6) is 0.805. The summed E-state index contributed by atoms with van der Waals surface area (Å²) in [4.78, 5) is 10.6. The van der Waals surface area contributed by atoms with Crippen LogP contribution in [0.25, 0.3) is 10.9 Å². The summed E-state index contributed by atoms with van der Waals surface area (Å²) in [6, 6.07) is 7.68. The molecule has 1 heterocycles. The van der Waals surface area contributed by atoms with Gasteiger partial charge in [-0.25, -0.2) is 9.97 Å². The van der Waals surface area contributed by atoms with Crippen molar-refractivity contribution in [2.45, 2.75) is 6.42 Å². The van der Waals surface area contributed by atoms with E-state index in [0.29, 0.717) is 31.1 Å². The predicted molar refractivity (Wildman–Crippen MR) is 78.9 cm³/mol. The van der Waals surface area contributed by atoms with Crippen molar-refractivity contribution in [1.82, 2.24) is 9.97 Å². The minimum atomic E-state index is 0.433. The Morgan fingerprint density at radius 1 is 1.35 bits per heavy atom. The highest BCUT2D eigenvalue weighted by Gasteiger charge is 2.12. The van der Waals surface area contributed by atoms with Gasteiger partial charge in [-0.2, -0.15) is 5.26 Å². The number of aromatic nitrogens is 2. The second-order valence-electron chi connectivity index (χ2n) is 4.25. The highest BCUT2D eigenvalue weighted by Crippen LogP contribution is 2.25. The summed E-state index contributed by atoms with van der Waals surface area (Å²) in [5.41, 5.74) is 0.793. The first-order chi connectivity index (χ1) is 9.76. The van der Waals surface area contributed by atoms with Gasteiger partial charge in [-0.05, 0) is 18.2 Å². The lowest BCUT2D eigenvalue weighted by Crippen LogP contribution is -2.29.